The van der Waals surface area contributed by atoms with E-state index < -0.39 is 11.8 Å². The van der Waals surface area contributed by atoms with E-state index in [1.165, 1.54) is 4.57 Å². The van der Waals surface area contributed by atoms with Gasteiger partial charge in [0.2, 0.25) is 5.91 Å². The summed E-state index contributed by atoms with van der Waals surface area (Å²) in [4.78, 5) is 33.8. The zero-order valence-corrected chi connectivity index (χ0v) is 16.0. The Morgan fingerprint density at radius 2 is 1.89 bits per heavy atom. The highest BCUT2D eigenvalue weighted by atomic mass is 16.4. The molecule has 0 aliphatic carbocycles. The van der Waals surface area contributed by atoms with Crippen LogP contribution in [0.2, 0.25) is 0 Å². The minimum atomic E-state index is -0.714. The second-order valence-electron chi connectivity index (χ2n) is 7.07. The van der Waals surface area contributed by atoms with Gasteiger partial charge in [0, 0.05) is 26.2 Å². The van der Waals surface area contributed by atoms with Crippen molar-refractivity contribution in [3.8, 4) is 0 Å². The van der Waals surface area contributed by atoms with E-state index >= 15 is 0 Å². The molecule has 1 aliphatic heterocycles. The van der Waals surface area contributed by atoms with Crippen LogP contribution in [0, 0.1) is 0 Å². The molecule has 1 amide bonds. The number of carbonyl (C=O) groups is 1. The van der Waals surface area contributed by atoms with Crippen molar-refractivity contribution < 1.29 is 9.21 Å². The molecule has 1 fully saturated rings. The van der Waals surface area contributed by atoms with Crippen LogP contribution in [0.5, 0.6) is 0 Å². The van der Waals surface area contributed by atoms with Crippen LogP contribution >= 0.6 is 0 Å². The minimum Gasteiger partial charge on any atom is -0.408 e. The van der Waals surface area contributed by atoms with Gasteiger partial charge in [0.25, 0.3) is 0 Å². The van der Waals surface area contributed by atoms with Gasteiger partial charge in [-0.2, -0.15) is 0 Å². The smallest absolute Gasteiger partial charge is 0.408 e. The van der Waals surface area contributed by atoms with Crippen molar-refractivity contribution in [3.63, 3.8) is 0 Å². The van der Waals surface area contributed by atoms with Crippen LogP contribution < -0.4 is 16.0 Å². The molecule has 1 atom stereocenters. The number of nitrogens with one attached hydrogen (secondary N) is 1. The third-order valence-electron chi connectivity index (χ3n) is 5.13. The summed E-state index contributed by atoms with van der Waals surface area (Å²) >= 11 is 0. The third kappa shape index (κ3) is 3.50. The average molecular weight is 381 g/mol. The molecule has 1 aliphatic rings. The number of anilines is 2. The van der Waals surface area contributed by atoms with Crippen molar-refractivity contribution in [3.05, 3.63) is 53.1 Å². The fourth-order valence-corrected chi connectivity index (χ4v) is 3.40. The first-order valence-electron chi connectivity index (χ1n) is 9.33. The molecule has 0 spiro atoms. The van der Waals surface area contributed by atoms with Crippen LogP contribution in [0.3, 0.4) is 0 Å². The summed E-state index contributed by atoms with van der Waals surface area (Å²) < 4.78 is 6.57. The first-order valence-corrected chi connectivity index (χ1v) is 9.33. The molecule has 0 radical (unpaired) electrons. The summed E-state index contributed by atoms with van der Waals surface area (Å²) in [5.74, 6) is 0.0476. The van der Waals surface area contributed by atoms with Gasteiger partial charge in [-0.3, -0.25) is 9.36 Å². The number of hydrogen-bond donors (Lipinski definition) is 1. The van der Waals surface area contributed by atoms with Crippen molar-refractivity contribution >= 4 is 28.5 Å². The van der Waals surface area contributed by atoms with Crippen molar-refractivity contribution in [2.75, 3.05) is 43.4 Å². The molecule has 3 aromatic rings. The number of likely N-dealkylation sites (N-methyl/N-ethyl adjacent to an activating group) is 1. The molecular weight excluding hydrogens is 358 g/mol. The molecule has 1 N–H and O–H groups in total. The average Bonchev–Trinajstić information content (AvgIpc) is 3.04. The molecule has 3 heterocycles. The highest BCUT2D eigenvalue weighted by Crippen LogP contribution is 2.19. The number of pyridine rings is 1. The minimum absolute atomic E-state index is 0.303. The number of aromatic nitrogens is 2. The van der Waals surface area contributed by atoms with Crippen LogP contribution in [-0.2, 0) is 4.79 Å². The summed E-state index contributed by atoms with van der Waals surface area (Å²) in [6.07, 6.45) is 1.65. The molecule has 0 saturated carbocycles. The lowest BCUT2D eigenvalue weighted by Crippen LogP contribution is -2.44. The molecule has 1 saturated heterocycles. The number of piperazine rings is 1. The Bertz CT molecular complexity index is 1030. The fraction of sp³-hybridized carbons (Fsp3) is 0.350. The molecular formula is C20H23N5O3. The van der Waals surface area contributed by atoms with Crippen LogP contribution in [0.4, 0.5) is 11.5 Å². The maximum atomic E-state index is 12.7. The number of rotatable bonds is 4. The van der Waals surface area contributed by atoms with Gasteiger partial charge in [-0.1, -0.05) is 12.1 Å². The first-order chi connectivity index (χ1) is 13.5. The van der Waals surface area contributed by atoms with Gasteiger partial charge in [0.1, 0.15) is 11.9 Å². The van der Waals surface area contributed by atoms with Crippen molar-refractivity contribution in [1.29, 1.82) is 0 Å². The molecule has 1 aromatic carbocycles. The molecule has 8 heteroatoms. The molecule has 28 heavy (non-hydrogen) atoms. The van der Waals surface area contributed by atoms with Gasteiger partial charge in [-0.15, -0.1) is 0 Å². The largest absolute Gasteiger partial charge is 0.420 e. The summed E-state index contributed by atoms with van der Waals surface area (Å²) in [5, 5.41) is 2.83. The Balaban J connectivity index is 1.47. The van der Waals surface area contributed by atoms with Crippen LogP contribution in [0.1, 0.15) is 13.0 Å². The second-order valence-corrected chi connectivity index (χ2v) is 7.07. The summed E-state index contributed by atoms with van der Waals surface area (Å²) in [6.45, 7) is 5.55. The zero-order chi connectivity index (χ0) is 19.7. The van der Waals surface area contributed by atoms with E-state index in [4.69, 9.17) is 4.42 Å². The highest BCUT2D eigenvalue weighted by molar-refractivity contribution is 5.94. The fourth-order valence-electron chi connectivity index (χ4n) is 3.40. The standard InChI is InChI=1S/C20H23N5O3/c1-14(25-16-5-3-4-6-17(16)28-20(25)27)19(26)22-15-7-8-18(21-13-15)24-11-9-23(2)10-12-24/h3-8,13-14H,9-12H2,1-2H3,(H,22,26). The number of oxazole rings is 1. The molecule has 146 valence electrons. The van der Waals surface area contributed by atoms with Gasteiger partial charge in [0.05, 0.1) is 17.4 Å². The van der Waals surface area contributed by atoms with Gasteiger partial charge < -0.3 is 19.5 Å². The van der Waals surface area contributed by atoms with Crippen molar-refractivity contribution in [2.45, 2.75) is 13.0 Å². The lowest BCUT2D eigenvalue weighted by Gasteiger charge is -2.33. The Morgan fingerprint density at radius 1 is 1.14 bits per heavy atom. The molecule has 1 unspecified atom stereocenters. The van der Waals surface area contributed by atoms with E-state index in [0.29, 0.717) is 16.8 Å². The predicted molar refractivity (Wildman–Crippen MR) is 108 cm³/mol. The molecule has 4 rings (SSSR count). The Hall–Kier alpha value is -3.13. The Kier molecular flexibility index (Phi) is 4.87. The number of benzene rings is 1. The zero-order valence-electron chi connectivity index (χ0n) is 16.0. The van der Waals surface area contributed by atoms with E-state index in [9.17, 15) is 9.59 Å². The molecule has 2 aromatic heterocycles. The third-order valence-corrected chi connectivity index (χ3v) is 5.13. The molecule has 0 bridgehead atoms. The van der Waals surface area contributed by atoms with E-state index in [-0.39, 0.29) is 5.91 Å². The van der Waals surface area contributed by atoms with Gasteiger partial charge in [-0.25, -0.2) is 9.78 Å². The Morgan fingerprint density at radius 3 is 2.61 bits per heavy atom. The van der Waals surface area contributed by atoms with Crippen molar-refractivity contribution in [1.82, 2.24) is 14.5 Å². The second kappa shape index (κ2) is 7.47. The number of para-hydroxylation sites is 2. The summed E-state index contributed by atoms with van der Waals surface area (Å²) in [7, 11) is 2.11. The van der Waals surface area contributed by atoms with Gasteiger partial charge in [-0.05, 0) is 38.2 Å². The van der Waals surface area contributed by atoms with E-state index in [1.54, 1.807) is 37.4 Å². The van der Waals surface area contributed by atoms with Crippen LogP contribution in [0.25, 0.3) is 11.1 Å². The lowest BCUT2D eigenvalue weighted by atomic mass is 10.2. The van der Waals surface area contributed by atoms with E-state index in [1.807, 2.05) is 12.1 Å². The van der Waals surface area contributed by atoms with E-state index in [2.05, 4.69) is 27.1 Å². The number of amides is 1. The number of nitrogens with zero attached hydrogens (tertiary/aromatic N) is 4. The van der Waals surface area contributed by atoms with Gasteiger partial charge >= 0.3 is 5.76 Å². The van der Waals surface area contributed by atoms with Gasteiger partial charge in [0.15, 0.2) is 5.58 Å². The normalized spacial score (nSPS) is 16.3. The van der Waals surface area contributed by atoms with E-state index in [0.717, 1.165) is 32.0 Å². The number of fused-ring (bicyclic) bond motifs is 1. The maximum Gasteiger partial charge on any atom is 0.420 e. The maximum absolute atomic E-state index is 12.7. The summed E-state index contributed by atoms with van der Waals surface area (Å²) in [6, 6.07) is 10.1. The quantitative estimate of drug-likeness (QED) is 0.744. The number of hydrogen-bond acceptors (Lipinski definition) is 6. The highest BCUT2D eigenvalue weighted by Gasteiger charge is 2.21. The Labute approximate surface area is 162 Å². The summed E-state index contributed by atoms with van der Waals surface area (Å²) in [5.41, 5.74) is 1.65. The topological polar surface area (TPSA) is 83.6 Å². The van der Waals surface area contributed by atoms with Crippen LogP contribution in [0.15, 0.2) is 51.8 Å². The molecule has 8 nitrogen and oxygen atoms in total. The van der Waals surface area contributed by atoms with Crippen molar-refractivity contribution in [2.24, 2.45) is 0 Å². The predicted octanol–water partition coefficient (Wildman–Crippen LogP) is 1.94. The SMILES string of the molecule is CC(C(=O)Nc1ccc(N2CCN(C)CC2)nc1)n1c(=O)oc2ccccc21. The van der Waals surface area contributed by atoms with Crippen LogP contribution in [-0.4, -0.2) is 53.6 Å². The first kappa shape index (κ1) is 18.2. The lowest BCUT2D eigenvalue weighted by molar-refractivity contribution is -0.118. The monoisotopic (exact) mass is 381 g/mol. The number of carbonyl (C=O) groups excluding carboxylic acids is 1.